The van der Waals surface area contributed by atoms with Crippen LogP contribution in [0, 0.1) is 6.92 Å². The highest BCUT2D eigenvalue weighted by Crippen LogP contribution is 2.12. The van der Waals surface area contributed by atoms with E-state index in [-0.39, 0.29) is 0 Å². The van der Waals surface area contributed by atoms with Crippen LogP contribution in [0.5, 0.6) is 0 Å². The zero-order valence-corrected chi connectivity index (χ0v) is 10.9. The minimum Gasteiger partial charge on any atom is -0.364 e. The zero-order chi connectivity index (χ0) is 12.4. The first-order chi connectivity index (χ1) is 8.10. The molecule has 0 amide bonds. The van der Waals surface area contributed by atoms with E-state index in [1.807, 2.05) is 36.4 Å². The number of rotatable bonds is 4. The summed E-state index contributed by atoms with van der Waals surface area (Å²) < 4.78 is 3.73. The minimum absolute atomic E-state index is 0.771. The highest BCUT2D eigenvalue weighted by Gasteiger charge is 2.06. The van der Waals surface area contributed by atoms with Gasteiger partial charge < -0.3 is 5.32 Å². The summed E-state index contributed by atoms with van der Waals surface area (Å²) in [6.07, 6.45) is 3.01. The zero-order valence-electron chi connectivity index (χ0n) is 10.9. The number of aryl methyl sites for hydroxylation is 4. The molecule has 2 heterocycles. The lowest BCUT2D eigenvalue weighted by Gasteiger charge is -2.01. The van der Waals surface area contributed by atoms with Crippen LogP contribution < -0.4 is 5.32 Å². The van der Waals surface area contributed by atoms with Crippen LogP contribution in [-0.4, -0.2) is 19.6 Å². The number of hydrogen-bond donors (Lipinski definition) is 1. The first-order valence-electron chi connectivity index (χ1n) is 5.86. The second-order valence-electron chi connectivity index (χ2n) is 4.28. The molecular weight excluding hydrogens is 214 g/mol. The molecule has 2 rings (SSSR count). The van der Waals surface area contributed by atoms with E-state index >= 15 is 0 Å². The molecule has 0 aliphatic carbocycles. The van der Waals surface area contributed by atoms with E-state index in [2.05, 4.69) is 28.6 Å². The molecule has 0 bridgehead atoms. The van der Waals surface area contributed by atoms with E-state index in [1.165, 1.54) is 5.56 Å². The van der Waals surface area contributed by atoms with Crippen molar-refractivity contribution >= 4 is 5.82 Å². The maximum Gasteiger partial charge on any atom is 0.148 e. The van der Waals surface area contributed by atoms with E-state index in [0.29, 0.717) is 0 Å². The van der Waals surface area contributed by atoms with Gasteiger partial charge in [-0.1, -0.05) is 6.92 Å². The van der Waals surface area contributed by atoms with Crippen molar-refractivity contribution in [3.8, 4) is 0 Å². The molecule has 0 aliphatic rings. The van der Waals surface area contributed by atoms with Gasteiger partial charge in [-0.05, 0) is 13.3 Å². The molecule has 2 aromatic heterocycles. The van der Waals surface area contributed by atoms with Gasteiger partial charge >= 0.3 is 0 Å². The highest BCUT2D eigenvalue weighted by atomic mass is 15.3. The molecule has 2 aromatic rings. The first-order valence-corrected chi connectivity index (χ1v) is 5.86. The summed E-state index contributed by atoms with van der Waals surface area (Å²) in [7, 11) is 3.90. The van der Waals surface area contributed by atoms with Crippen molar-refractivity contribution in [3.63, 3.8) is 0 Å². The lowest BCUT2D eigenvalue weighted by molar-refractivity contribution is 0.741. The molecule has 17 heavy (non-hydrogen) atoms. The fourth-order valence-corrected chi connectivity index (χ4v) is 1.86. The van der Waals surface area contributed by atoms with Crippen molar-refractivity contribution < 1.29 is 0 Å². The third-order valence-electron chi connectivity index (χ3n) is 2.90. The second-order valence-corrected chi connectivity index (χ2v) is 4.28. The topological polar surface area (TPSA) is 47.7 Å². The van der Waals surface area contributed by atoms with Crippen LogP contribution in [-0.2, 0) is 27.1 Å². The number of aromatic nitrogens is 4. The van der Waals surface area contributed by atoms with E-state index in [1.54, 1.807) is 0 Å². The summed E-state index contributed by atoms with van der Waals surface area (Å²) in [6.45, 7) is 4.93. The molecule has 92 valence electrons. The van der Waals surface area contributed by atoms with Crippen LogP contribution >= 0.6 is 0 Å². The standard InChI is InChI=1S/C12H19N5/c1-5-11-10(8-16(3)14-11)7-13-12-6-9(2)17(4)15-12/h6,8H,5,7H2,1-4H3,(H,13,15). The maximum atomic E-state index is 4.42. The van der Waals surface area contributed by atoms with Gasteiger partial charge in [0.15, 0.2) is 0 Å². The summed E-state index contributed by atoms with van der Waals surface area (Å²) in [5, 5.41) is 12.1. The maximum absolute atomic E-state index is 4.42. The molecule has 1 N–H and O–H groups in total. The van der Waals surface area contributed by atoms with Gasteiger partial charge in [0, 0.05) is 44.2 Å². The van der Waals surface area contributed by atoms with Crippen molar-refractivity contribution in [3.05, 3.63) is 29.2 Å². The number of anilines is 1. The molecule has 0 saturated carbocycles. The predicted octanol–water partition coefficient (Wildman–Crippen LogP) is 1.64. The van der Waals surface area contributed by atoms with Crippen LogP contribution in [0.1, 0.15) is 23.9 Å². The van der Waals surface area contributed by atoms with Crippen LogP contribution in [0.15, 0.2) is 12.3 Å². The molecule has 0 atom stereocenters. The molecule has 0 saturated heterocycles. The van der Waals surface area contributed by atoms with Gasteiger partial charge in [-0.3, -0.25) is 9.36 Å². The largest absolute Gasteiger partial charge is 0.364 e. The van der Waals surface area contributed by atoms with E-state index in [9.17, 15) is 0 Å². The Morgan fingerprint density at radius 1 is 1.29 bits per heavy atom. The van der Waals surface area contributed by atoms with E-state index < -0.39 is 0 Å². The molecule has 5 heteroatoms. The highest BCUT2D eigenvalue weighted by molar-refractivity contribution is 5.37. The van der Waals surface area contributed by atoms with E-state index in [0.717, 1.165) is 30.2 Å². The summed E-state index contributed by atoms with van der Waals surface area (Å²) in [4.78, 5) is 0. The van der Waals surface area contributed by atoms with Crippen molar-refractivity contribution in [1.82, 2.24) is 19.6 Å². The van der Waals surface area contributed by atoms with Gasteiger partial charge in [0.1, 0.15) is 5.82 Å². The predicted molar refractivity (Wildman–Crippen MR) is 67.9 cm³/mol. The Labute approximate surface area is 101 Å². The van der Waals surface area contributed by atoms with Crippen molar-refractivity contribution in [2.24, 2.45) is 14.1 Å². The average molecular weight is 233 g/mol. The number of nitrogens with one attached hydrogen (secondary N) is 1. The van der Waals surface area contributed by atoms with E-state index in [4.69, 9.17) is 0 Å². The molecule has 0 radical (unpaired) electrons. The van der Waals surface area contributed by atoms with Gasteiger partial charge in [0.2, 0.25) is 0 Å². The lowest BCUT2D eigenvalue weighted by Crippen LogP contribution is -2.02. The SMILES string of the molecule is CCc1nn(C)cc1CNc1cc(C)n(C)n1. The summed E-state index contributed by atoms with van der Waals surface area (Å²) in [6, 6.07) is 2.04. The molecule has 0 fully saturated rings. The third-order valence-corrected chi connectivity index (χ3v) is 2.90. The summed E-state index contributed by atoms with van der Waals surface area (Å²) in [5.41, 5.74) is 3.53. The minimum atomic E-state index is 0.771. The van der Waals surface area contributed by atoms with Crippen LogP contribution in [0.3, 0.4) is 0 Å². The van der Waals surface area contributed by atoms with Crippen LogP contribution in [0.4, 0.5) is 5.82 Å². The molecule has 5 nitrogen and oxygen atoms in total. The Morgan fingerprint density at radius 3 is 2.65 bits per heavy atom. The Morgan fingerprint density at radius 2 is 2.06 bits per heavy atom. The average Bonchev–Trinajstić information content (AvgIpc) is 2.80. The Bertz CT molecular complexity index is 489. The lowest BCUT2D eigenvalue weighted by atomic mass is 10.2. The van der Waals surface area contributed by atoms with Crippen LogP contribution in [0.25, 0.3) is 0 Å². The fourth-order valence-electron chi connectivity index (χ4n) is 1.86. The normalized spacial score (nSPS) is 10.8. The first kappa shape index (κ1) is 11.7. The fraction of sp³-hybridized carbons (Fsp3) is 0.500. The Kier molecular flexibility index (Phi) is 3.17. The molecular formula is C12H19N5. The summed E-state index contributed by atoms with van der Waals surface area (Å²) >= 11 is 0. The summed E-state index contributed by atoms with van der Waals surface area (Å²) in [5.74, 6) is 0.913. The smallest absolute Gasteiger partial charge is 0.148 e. The van der Waals surface area contributed by atoms with Crippen molar-refractivity contribution in [2.45, 2.75) is 26.8 Å². The van der Waals surface area contributed by atoms with Crippen molar-refractivity contribution in [1.29, 1.82) is 0 Å². The van der Waals surface area contributed by atoms with Crippen molar-refractivity contribution in [2.75, 3.05) is 5.32 Å². The van der Waals surface area contributed by atoms with Gasteiger partial charge in [0.05, 0.1) is 5.69 Å². The number of nitrogens with zero attached hydrogens (tertiary/aromatic N) is 4. The molecule has 0 aliphatic heterocycles. The quantitative estimate of drug-likeness (QED) is 0.873. The molecule has 0 spiro atoms. The Hall–Kier alpha value is -1.78. The van der Waals surface area contributed by atoms with Gasteiger partial charge in [-0.2, -0.15) is 10.2 Å². The number of hydrogen-bond acceptors (Lipinski definition) is 3. The van der Waals surface area contributed by atoms with Gasteiger partial charge in [0.25, 0.3) is 0 Å². The third kappa shape index (κ3) is 2.49. The monoisotopic (exact) mass is 233 g/mol. The second kappa shape index (κ2) is 4.61. The van der Waals surface area contributed by atoms with Gasteiger partial charge in [-0.15, -0.1) is 0 Å². The van der Waals surface area contributed by atoms with Gasteiger partial charge in [-0.25, -0.2) is 0 Å². The molecule has 0 aromatic carbocycles. The van der Waals surface area contributed by atoms with Crippen LogP contribution in [0.2, 0.25) is 0 Å². The molecule has 0 unspecified atom stereocenters. The Balaban J connectivity index is 2.06.